The molecule has 0 aromatic carbocycles. The lowest BCUT2D eigenvalue weighted by molar-refractivity contribution is -0.126. The Hall–Kier alpha value is -0.570. The third kappa shape index (κ3) is 3.70. The first-order valence-electron chi connectivity index (χ1n) is 6.79. The van der Waals surface area contributed by atoms with Gasteiger partial charge in [-0.2, -0.15) is 0 Å². The largest absolute Gasteiger partial charge is 0.352 e. The number of rotatable bonds is 2. The van der Waals surface area contributed by atoms with Crippen LogP contribution in [0, 0.1) is 17.3 Å². The first-order chi connectivity index (χ1) is 7.73. The van der Waals surface area contributed by atoms with E-state index in [2.05, 4.69) is 19.2 Å². The van der Waals surface area contributed by atoms with Gasteiger partial charge in [0.1, 0.15) is 0 Å². The Labute approximate surface area is 106 Å². The molecule has 100 valence electrons. The fraction of sp³-hybridized carbons (Fsp3) is 0.929. The van der Waals surface area contributed by atoms with Crippen molar-refractivity contribution in [1.29, 1.82) is 0 Å². The van der Waals surface area contributed by atoms with Crippen LogP contribution in [0.5, 0.6) is 0 Å². The average molecular weight is 240 g/mol. The van der Waals surface area contributed by atoms with E-state index in [-0.39, 0.29) is 11.3 Å². The second-order valence-electron chi connectivity index (χ2n) is 6.73. The third-order valence-electron chi connectivity index (χ3n) is 4.25. The summed E-state index contributed by atoms with van der Waals surface area (Å²) in [6.07, 6.45) is 3.58. The van der Waals surface area contributed by atoms with Gasteiger partial charge in [0.05, 0.1) is 6.04 Å². The summed E-state index contributed by atoms with van der Waals surface area (Å²) in [6.45, 7) is 10.5. The van der Waals surface area contributed by atoms with Gasteiger partial charge in [-0.15, -0.1) is 0 Å². The number of nitrogens with one attached hydrogen (secondary N) is 1. The van der Waals surface area contributed by atoms with E-state index in [1.807, 2.05) is 20.8 Å². The minimum Gasteiger partial charge on any atom is -0.352 e. The van der Waals surface area contributed by atoms with E-state index in [4.69, 9.17) is 5.73 Å². The van der Waals surface area contributed by atoms with E-state index in [9.17, 15) is 4.79 Å². The molecule has 3 N–H and O–H groups in total. The molecule has 1 rings (SSSR count). The van der Waals surface area contributed by atoms with Gasteiger partial charge in [0, 0.05) is 6.04 Å². The van der Waals surface area contributed by atoms with E-state index in [0.29, 0.717) is 17.9 Å². The van der Waals surface area contributed by atoms with E-state index >= 15 is 0 Å². The maximum absolute atomic E-state index is 12.1. The maximum atomic E-state index is 12.1. The van der Waals surface area contributed by atoms with Crippen LogP contribution in [0.2, 0.25) is 0 Å². The van der Waals surface area contributed by atoms with Crippen molar-refractivity contribution < 1.29 is 4.79 Å². The van der Waals surface area contributed by atoms with Gasteiger partial charge in [-0.05, 0) is 23.7 Å². The van der Waals surface area contributed by atoms with Crippen LogP contribution in [-0.4, -0.2) is 18.0 Å². The molecular formula is C14H28N2O. The molecule has 4 atom stereocenters. The van der Waals surface area contributed by atoms with Crippen LogP contribution < -0.4 is 11.1 Å². The number of nitrogens with two attached hydrogens (primary N) is 1. The lowest BCUT2D eigenvalue weighted by atomic mass is 9.77. The first-order valence-corrected chi connectivity index (χ1v) is 6.79. The van der Waals surface area contributed by atoms with Crippen molar-refractivity contribution in [3.05, 3.63) is 0 Å². The summed E-state index contributed by atoms with van der Waals surface area (Å²) in [5.74, 6) is 1.25. The number of hydrogen-bond acceptors (Lipinski definition) is 2. The Morgan fingerprint density at radius 1 is 1.29 bits per heavy atom. The van der Waals surface area contributed by atoms with Crippen LogP contribution >= 0.6 is 0 Å². The van der Waals surface area contributed by atoms with Crippen molar-refractivity contribution in [1.82, 2.24) is 5.32 Å². The predicted molar refractivity (Wildman–Crippen MR) is 71.5 cm³/mol. The normalized spacial score (nSPS) is 32.0. The zero-order valence-corrected chi connectivity index (χ0v) is 11.9. The van der Waals surface area contributed by atoms with Crippen LogP contribution in [0.3, 0.4) is 0 Å². The highest BCUT2D eigenvalue weighted by atomic mass is 16.2. The second-order valence-corrected chi connectivity index (χ2v) is 6.73. The molecule has 0 bridgehead atoms. The minimum atomic E-state index is -0.424. The quantitative estimate of drug-likeness (QED) is 0.778. The van der Waals surface area contributed by atoms with Gasteiger partial charge in [0.2, 0.25) is 5.91 Å². The summed E-state index contributed by atoms with van der Waals surface area (Å²) >= 11 is 0. The summed E-state index contributed by atoms with van der Waals surface area (Å²) in [7, 11) is 0. The van der Waals surface area contributed by atoms with Gasteiger partial charge >= 0.3 is 0 Å². The van der Waals surface area contributed by atoms with E-state index in [1.165, 1.54) is 12.8 Å². The number of amides is 1. The molecule has 0 saturated heterocycles. The zero-order valence-electron chi connectivity index (χ0n) is 11.9. The Bertz CT molecular complexity index is 270. The Morgan fingerprint density at radius 3 is 2.41 bits per heavy atom. The summed E-state index contributed by atoms with van der Waals surface area (Å²) in [4.78, 5) is 12.1. The van der Waals surface area contributed by atoms with Crippen molar-refractivity contribution in [2.24, 2.45) is 23.0 Å². The van der Waals surface area contributed by atoms with Gasteiger partial charge in [-0.3, -0.25) is 4.79 Å². The topological polar surface area (TPSA) is 55.1 Å². The zero-order chi connectivity index (χ0) is 13.2. The third-order valence-corrected chi connectivity index (χ3v) is 4.25. The lowest BCUT2D eigenvalue weighted by Gasteiger charge is -2.36. The van der Waals surface area contributed by atoms with Crippen LogP contribution in [0.15, 0.2) is 0 Å². The Morgan fingerprint density at radius 2 is 1.88 bits per heavy atom. The summed E-state index contributed by atoms with van der Waals surface area (Å²) in [5.41, 5.74) is 5.81. The fourth-order valence-corrected chi connectivity index (χ4v) is 2.45. The van der Waals surface area contributed by atoms with Crippen LogP contribution in [0.1, 0.15) is 53.9 Å². The molecule has 1 saturated carbocycles. The molecule has 1 aliphatic carbocycles. The molecule has 0 radical (unpaired) electrons. The Kier molecular flexibility index (Phi) is 4.59. The molecule has 3 heteroatoms. The summed E-state index contributed by atoms with van der Waals surface area (Å²) in [6, 6.07) is -0.119. The number of carbonyl (C=O) groups excluding carboxylic acids is 1. The molecule has 0 aromatic heterocycles. The van der Waals surface area contributed by atoms with Crippen LogP contribution in [0.4, 0.5) is 0 Å². The first kappa shape index (κ1) is 14.5. The Balaban J connectivity index is 2.56. The molecule has 0 spiro atoms. The predicted octanol–water partition coefficient (Wildman–Crippen LogP) is 2.30. The van der Waals surface area contributed by atoms with Crippen LogP contribution in [0.25, 0.3) is 0 Å². The SMILES string of the molecule is CC1CCCC(NC(=O)[C@H](N)C(C)(C)C)C1C. The van der Waals surface area contributed by atoms with Crippen molar-refractivity contribution >= 4 is 5.91 Å². The highest BCUT2D eigenvalue weighted by molar-refractivity contribution is 5.82. The molecule has 0 heterocycles. The molecule has 1 amide bonds. The van der Waals surface area contributed by atoms with Crippen LogP contribution in [-0.2, 0) is 4.79 Å². The molecule has 3 unspecified atom stereocenters. The molecule has 3 nitrogen and oxygen atoms in total. The average Bonchev–Trinajstić information content (AvgIpc) is 2.22. The smallest absolute Gasteiger partial charge is 0.237 e. The highest BCUT2D eigenvalue weighted by Gasteiger charge is 2.32. The number of hydrogen-bond donors (Lipinski definition) is 2. The standard InChI is InChI=1S/C14H28N2O/c1-9-7-6-8-11(10(9)2)16-13(17)12(15)14(3,4)5/h9-12H,6-8,15H2,1-5H3,(H,16,17)/t9?,10?,11?,12-/m0/s1. The number of carbonyl (C=O) groups is 1. The van der Waals surface area contributed by atoms with Crippen molar-refractivity contribution in [3.8, 4) is 0 Å². The molecule has 1 aliphatic rings. The van der Waals surface area contributed by atoms with E-state index < -0.39 is 6.04 Å². The van der Waals surface area contributed by atoms with Gasteiger partial charge < -0.3 is 11.1 Å². The molecule has 1 fully saturated rings. The minimum absolute atomic E-state index is 0.00319. The van der Waals surface area contributed by atoms with Crippen molar-refractivity contribution in [2.75, 3.05) is 0 Å². The highest BCUT2D eigenvalue weighted by Crippen LogP contribution is 2.29. The fourth-order valence-electron chi connectivity index (χ4n) is 2.45. The van der Waals surface area contributed by atoms with Gasteiger partial charge in [0.25, 0.3) is 0 Å². The summed E-state index contributed by atoms with van der Waals surface area (Å²) < 4.78 is 0. The van der Waals surface area contributed by atoms with Gasteiger partial charge in [-0.25, -0.2) is 0 Å². The van der Waals surface area contributed by atoms with Crippen molar-refractivity contribution in [3.63, 3.8) is 0 Å². The van der Waals surface area contributed by atoms with Gasteiger partial charge in [-0.1, -0.05) is 47.5 Å². The summed E-state index contributed by atoms with van der Waals surface area (Å²) in [5, 5.41) is 3.14. The lowest BCUT2D eigenvalue weighted by Crippen LogP contribution is -2.53. The van der Waals surface area contributed by atoms with Crippen molar-refractivity contribution in [2.45, 2.75) is 66.0 Å². The molecular weight excluding hydrogens is 212 g/mol. The maximum Gasteiger partial charge on any atom is 0.237 e. The van der Waals surface area contributed by atoms with Gasteiger partial charge in [0.15, 0.2) is 0 Å². The molecule has 0 aromatic rings. The van der Waals surface area contributed by atoms with E-state index in [0.717, 1.165) is 6.42 Å². The monoisotopic (exact) mass is 240 g/mol. The second kappa shape index (κ2) is 5.38. The van der Waals surface area contributed by atoms with E-state index in [1.54, 1.807) is 0 Å². The molecule has 17 heavy (non-hydrogen) atoms. The molecule has 0 aliphatic heterocycles.